The van der Waals surface area contributed by atoms with Crippen molar-refractivity contribution < 1.29 is 23.8 Å². The van der Waals surface area contributed by atoms with Crippen molar-refractivity contribution in [2.24, 2.45) is 0 Å². The zero-order chi connectivity index (χ0) is 15.2. The lowest BCUT2D eigenvalue weighted by Gasteiger charge is -2.10. The first-order chi connectivity index (χ1) is 10.1. The van der Waals surface area contributed by atoms with Gasteiger partial charge in [0.15, 0.2) is 0 Å². The molecule has 0 fully saturated rings. The molecule has 0 unspecified atom stereocenters. The molecule has 0 saturated carbocycles. The normalized spacial score (nSPS) is 10.2. The minimum Gasteiger partial charge on any atom is -0.490 e. The van der Waals surface area contributed by atoms with E-state index in [1.807, 2.05) is 12.1 Å². The zero-order valence-corrected chi connectivity index (χ0v) is 12.5. The summed E-state index contributed by atoms with van der Waals surface area (Å²) < 4.78 is 24.8. The number of hydrogen-bond donors (Lipinski definition) is 1. The summed E-state index contributed by atoms with van der Waals surface area (Å²) >= 11 is 3.31. The van der Waals surface area contributed by atoms with Crippen LogP contribution in [0.2, 0.25) is 0 Å². The van der Waals surface area contributed by atoms with Gasteiger partial charge in [0.2, 0.25) is 0 Å². The van der Waals surface area contributed by atoms with E-state index in [1.54, 1.807) is 12.1 Å². The molecule has 2 rings (SSSR count). The number of carboxylic acids is 1. The van der Waals surface area contributed by atoms with Crippen LogP contribution in [0.25, 0.3) is 0 Å². The van der Waals surface area contributed by atoms with E-state index in [4.69, 9.17) is 14.6 Å². The molecule has 0 aliphatic heterocycles. The quantitative estimate of drug-likeness (QED) is 0.802. The van der Waals surface area contributed by atoms with Crippen molar-refractivity contribution in [3.63, 3.8) is 0 Å². The van der Waals surface area contributed by atoms with Crippen LogP contribution in [0.5, 0.6) is 11.5 Å². The number of halogens is 2. The van der Waals surface area contributed by atoms with Crippen LogP contribution in [0.1, 0.15) is 10.4 Å². The third-order valence-electron chi connectivity index (χ3n) is 2.60. The summed E-state index contributed by atoms with van der Waals surface area (Å²) in [5.74, 6) is -1.07. The molecule has 2 aromatic carbocycles. The lowest BCUT2D eigenvalue weighted by Crippen LogP contribution is -2.11. The Balaban J connectivity index is 1.90. The average Bonchev–Trinajstić information content (AvgIpc) is 2.45. The van der Waals surface area contributed by atoms with Crippen molar-refractivity contribution in [3.8, 4) is 11.5 Å². The minimum absolute atomic E-state index is 0.0121. The maximum absolute atomic E-state index is 13.1. The summed E-state index contributed by atoms with van der Waals surface area (Å²) in [6.45, 7) is 0.330. The van der Waals surface area contributed by atoms with E-state index in [-0.39, 0.29) is 24.5 Å². The van der Waals surface area contributed by atoms with Gasteiger partial charge >= 0.3 is 5.97 Å². The van der Waals surface area contributed by atoms with E-state index in [2.05, 4.69) is 15.9 Å². The van der Waals surface area contributed by atoms with E-state index >= 15 is 0 Å². The van der Waals surface area contributed by atoms with Gasteiger partial charge in [-0.2, -0.15) is 0 Å². The van der Waals surface area contributed by atoms with Crippen LogP contribution in [0.15, 0.2) is 46.9 Å². The second kappa shape index (κ2) is 7.08. The summed E-state index contributed by atoms with van der Waals surface area (Å²) in [4.78, 5) is 11.0. The molecule has 0 amide bonds. The van der Waals surface area contributed by atoms with Crippen molar-refractivity contribution in [1.82, 2.24) is 0 Å². The monoisotopic (exact) mass is 354 g/mol. The van der Waals surface area contributed by atoms with Crippen molar-refractivity contribution in [2.75, 3.05) is 13.2 Å². The summed E-state index contributed by atoms with van der Waals surface area (Å²) in [5.41, 5.74) is -0.0833. The van der Waals surface area contributed by atoms with Gasteiger partial charge in [0.1, 0.15) is 36.1 Å². The van der Waals surface area contributed by atoms with Crippen LogP contribution in [-0.2, 0) is 0 Å². The van der Waals surface area contributed by atoms with Gasteiger partial charge in [-0.3, -0.25) is 0 Å². The van der Waals surface area contributed by atoms with Crippen LogP contribution in [-0.4, -0.2) is 24.3 Å². The molecule has 0 saturated heterocycles. The van der Waals surface area contributed by atoms with Crippen LogP contribution in [0.4, 0.5) is 4.39 Å². The molecule has 4 nitrogen and oxygen atoms in total. The van der Waals surface area contributed by atoms with E-state index < -0.39 is 11.8 Å². The van der Waals surface area contributed by atoms with Gasteiger partial charge in [-0.15, -0.1) is 0 Å². The van der Waals surface area contributed by atoms with Gasteiger partial charge in [0.25, 0.3) is 0 Å². The molecule has 0 atom stereocenters. The Kier molecular flexibility index (Phi) is 5.16. The van der Waals surface area contributed by atoms with Crippen molar-refractivity contribution >= 4 is 21.9 Å². The van der Waals surface area contributed by atoms with Gasteiger partial charge in [-0.05, 0) is 36.4 Å². The molecule has 0 aliphatic carbocycles. The number of carbonyl (C=O) groups is 1. The summed E-state index contributed by atoms with van der Waals surface area (Å²) in [6.07, 6.45) is 0. The van der Waals surface area contributed by atoms with Crippen molar-refractivity contribution in [1.29, 1.82) is 0 Å². The smallest absolute Gasteiger partial charge is 0.339 e. The average molecular weight is 355 g/mol. The second-order valence-corrected chi connectivity index (χ2v) is 5.01. The van der Waals surface area contributed by atoms with E-state index in [9.17, 15) is 9.18 Å². The Morgan fingerprint density at radius 2 is 1.76 bits per heavy atom. The lowest BCUT2D eigenvalue weighted by molar-refractivity contribution is 0.0691. The fourth-order valence-corrected chi connectivity index (χ4v) is 1.90. The standard InChI is InChI=1S/C15H12BrFO4/c16-10-1-4-12(5-2-10)20-7-8-21-14-9-11(17)3-6-13(14)15(18)19/h1-6,9H,7-8H2,(H,18,19). The maximum atomic E-state index is 13.1. The number of hydrogen-bond acceptors (Lipinski definition) is 3. The zero-order valence-electron chi connectivity index (χ0n) is 10.9. The van der Waals surface area contributed by atoms with Gasteiger partial charge in [-0.1, -0.05) is 15.9 Å². The van der Waals surface area contributed by atoms with E-state index in [0.717, 1.165) is 16.6 Å². The van der Waals surface area contributed by atoms with Crippen LogP contribution < -0.4 is 9.47 Å². The highest BCUT2D eigenvalue weighted by Gasteiger charge is 2.12. The molecule has 1 N–H and O–H groups in total. The van der Waals surface area contributed by atoms with E-state index in [0.29, 0.717) is 5.75 Å². The van der Waals surface area contributed by atoms with E-state index in [1.165, 1.54) is 6.07 Å². The fourth-order valence-electron chi connectivity index (χ4n) is 1.63. The first-order valence-corrected chi connectivity index (χ1v) is 6.89. The molecule has 0 bridgehead atoms. The lowest BCUT2D eigenvalue weighted by atomic mass is 10.2. The number of carboxylic acid groups (broad SMARTS) is 1. The number of benzene rings is 2. The predicted molar refractivity (Wildman–Crippen MR) is 78.5 cm³/mol. The highest BCUT2D eigenvalue weighted by atomic mass is 79.9. The van der Waals surface area contributed by atoms with Crippen LogP contribution >= 0.6 is 15.9 Å². The Hall–Kier alpha value is -2.08. The van der Waals surface area contributed by atoms with Crippen molar-refractivity contribution in [3.05, 3.63) is 58.3 Å². The Labute approximate surface area is 129 Å². The molecule has 0 aromatic heterocycles. The molecule has 0 heterocycles. The molecule has 110 valence electrons. The first-order valence-electron chi connectivity index (χ1n) is 6.10. The van der Waals surface area contributed by atoms with Crippen molar-refractivity contribution in [2.45, 2.75) is 0 Å². The molecule has 6 heteroatoms. The number of ether oxygens (including phenoxy) is 2. The topological polar surface area (TPSA) is 55.8 Å². The number of rotatable bonds is 6. The third-order valence-corrected chi connectivity index (χ3v) is 3.13. The highest BCUT2D eigenvalue weighted by Crippen LogP contribution is 2.20. The fraction of sp³-hybridized carbons (Fsp3) is 0.133. The summed E-state index contributed by atoms with van der Waals surface area (Å²) in [6, 6.07) is 10.5. The van der Waals surface area contributed by atoms with Gasteiger partial charge in [0, 0.05) is 10.5 Å². The third kappa shape index (κ3) is 4.46. The van der Waals surface area contributed by atoms with Gasteiger partial charge in [0.05, 0.1) is 0 Å². The highest BCUT2D eigenvalue weighted by molar-refractivity contribution is 9.10. The second-order valence-electron chi connectivity index (χ2n) is 4.10. The first kappa shape index (κ1) is 15.3. The molecular formula is C15H12BrFO4. The van der Waals surface area contributed by atoms with Gasteiger partial charge in [-0.25, -0.2) is 9.18 Å². The minimum atomic E-state index is -1.17. The van der Waals surface area contributed by atoms with Gasteiger partial charge < -0.3 is 14.6 Å². The summed E-state index contributed by atoms with van der Waals surface area (Å²) in [7, 11) is 0. The maximum Gasteiger partial charge on any atom is 0.339 e. The Morgan fingerprint density at radius 3 is 2.43 bits per heavy atom. The SMILES string of the molecule is O=C(O)c1ccc(F)cc1OCCOc1ccc(Br)cc1. The molecule has 0 aliphatic rings. The molecule has 2 aromatic rings. The Bertz CT molecular complexity index is 628. The molecule has 21 heavy (non-hydrogen) atoms. The van der Waals surface area contributed by atoms with Crippen LogP contribution in [0.3, 0.4) is 0 Å². The number of aromatic carboxylic acids is 1. The Morgan fingerprint density at radius 1 is 1.10 bits per heavy atom. The molecular weight excluding hydrogens is 343 g/mol. The molecule has 0 radical (unpaired) electrons. The summed E-state index contributed by atoms with van der Waals surface area (Å²) in [5, 5.41) is 8.98. The predicted octanol–water partition coefficient (Wildman–Crippen LogP) is 3.74. The van der Waals surface area contributed by atoms with Crippen LogP contribution in [0, 0.1) is 5.82 Å². The molecule has 0 spiro atoms. The largest absolute Gasteiger partial charge is 0.490 e.